The zero-order chi connectivity index (χ0) is 19.2. The van der Waals surface area contributed by atoms with E-state index in [1.807, 2.05) is 0 Å². The highest BCUT2D eigenvalue weighted by Gasteiger charge is 2.27. The molecule has 0 spiro atoms. The number of aryl methyl sites for hydroxylation is 1. The van der Waals surface area contributed by atoms with E-state index < -0.39 is 0 Å². The summed E-state index contributed by atoms with van der Waals surface area (Å²) < 4.78 is 0. The van der Waals surface area contributed by atoms with E-state index in [0.29, 0.717) is 0 Å². The molecule has 0 N–H and O–H groups in total. The molecule has 3 aromatic rings. The van der Waals surface area contributed by atoms with Gasteiger partial charge in [0.15, 0.2) is 0 Å². The Kier molecular flexibility index (Phi) is 4.34. The standard InChI is InChI=1S/C26H29N/c1-18-15-21(27(4)5)13-14-25(18)26(2,3)17-20-10-8-12-23-22-11-7-6-9-19(22)16-24(20)23/h6-15H,16-17H2,1-5H3. The van der Waals surface area contributed by atoms with Crippen molar-refractivity contribution < 1.29 is 0 Å². The minimum atomic E-state index is 0.0961. The molecule has 3 aromatic carbocycles. The van der Waals surface area contributed by atoms with E-state index in [1.54, 1.807) is 0 Å². The van der Waals surface area contributed by atoms with Gasteiger partial charge in [-0.2, -0.15) is 0 Å². The number of anilines is 1. The predicted octanol–water partition coefficient (Wildman–Crippen LogP) is 6.15. The van der Waals surface area contributed by atoms with Gasteiger partial charge in [0.05, 0.1) is 0 Å². The van der Waals surface area contributed by atoms with E-state index in [1.165, 1.54) is 44.6 Å². The first kappa shape index (κ1) is 17.9. The van der Waals surface area contributed by atoms with E-state index in [4.69, 9.17) is 0 Å². The zero-order valence-corrected chi connectivity index (χ0v) is 17.1. The molecule has 0 amide bonds. The molecule has 0 bridgehead atoms. The van der Waals surface area contributed by atoms with Crippen molar-refractivity contribution in [1.82, 2.24) is 0 Å². The third-order valence-electron chi connectivity index (χ3n) is 6.04. The van der Waals surface area contributed by atoms with Crippen LogP contribution in [0, 0.1) is 6.92 Å². The maximum Gasteiger partial charge on any atom is 0.0363 e. The van der Waals surface area contributed by atoms with E-state index in [9.17, 15) is 0 Å². The lowest BCUT2D eigenvalue weighted by molar-refractivity contribution is 0.518. The molecular weight excluding hydrogens is 326 g/mol. The monoisotopic (exact) mass is 355 g/mol. The number of hydrogen-bond donors (Lipinski definition) is 0. The van der Waals surface area contributed by atoms with Crippen LogP contribution in [0.25, 0.3) is 11.1 Å². The topological polar surface area (TPSA) is 3.24 Å². The Morgan fingerprint density at radius 2 is 1.63 bits per heavy atom. The van der Waals surface area contributed by atoms with E-state index in [-0.39, 0.29) is 5.41 Å². The largest absolute Gasteiger partial charge is 0.378 e. The fourth-order valence-electron chi connectivity index (χ4n) is 4.65. The van der Waals surface area contributed by atoms with E-state index in [0.717, 1.165) is 12.8 Å². The van der Waals surface area contributed by atoms with Crippen LogP contribution in [0.2, 0.25) is 0 Å². The lowest BCUT2D eigenvalue weighted by atomic mass is 9.76. The van der Waals surface area contributed by atoms with Gasteiger partial charge in [-0.25, -0.2) is 0 Å². The molecule has 0 saturated heterocycles. The summed E-state index contributed by atoms with van der Waals surface area (Å²) in [6.07, 6.45) is 2.13. The van der Waals surface area contributed by atoms with Gasteiger partial charge in [0.2, 0.25) is 0 Å². The second kappa shape index (κ2) is 6.56. The third kappa shape index (κ3) is 3.16. The van der Waals surface area contributed by atoms with Crippen molar-refractivity contribution in [3.05, 3.63) is 88.5 Å². The van der Waals surface area contributed by atoms with Gasteiger partial charge in [0, 0.05) is 19.8 Å². The predicted molar refractivity (Wildman–Crippen MR) is 117 cm³/mol. The van der Waals surface area contributed by atoms with E-state index >= 15 is 0 Å². The molecular formula is C26H29N. The summed E-state index contributed by atoms with van der Waals surface area (Å²) in [5.41, 5.74) is 11.5. The lowest BCUT2D eigenvalue weighted by Crippen LogP contribution is -2.23. The molecule has 0 unspecified atom stereocenters. The summed E-state index contributed by atoms with van der Waals surface area (Å²) in [5.74, 6) is 0. The van der Waals surface area contributed by atoms with Gasteiger partial charge in [-0.3, -0.25) is 0 Å². The van der Waals surface area contributed by atoms with Gasteiger partial charge in [0.25, 0.3) is 0 Å². The molecule has 138 valence electrons. The minimum absolute atomic E-state index is 0.0961. The molecule has 0 aromatic heterocycles. The van der Waals surface area contributed by atoms with Crippen molar-refractivity contribution in [1.29, 1.82) is 0 Å². The molecule has 1 aliphatic rings. The summed E-state index contributed by atoms with van der Waals surface area (Å²) in [7, 11) is 4.20. The smallest absolute Gasteiger partial charge is 0.0363 e. The van der Waals surface area contributed by atoms with Crippen LogP contribution in [-0.2, 0) is 18.3 Å². The summed E-state index contributed by atoms with van der Waals surface area (Å²) in [5, 5.41) is 0. The average molecular weight is 356 g/mol. The molecule has 1 aliphatic carbocycles. The van der Waals surface area contributed by atoms with Crippen LogP contribution in [0.15, 0.2) is 60.7 Å². The van der Waals surface area contributed by atoms with Crippen LogP contribution in [0.1, 0.15) is 41.7 Å². The SMILES string of the molecule is Cc1cc(N(C)C)ccc1C(C)(C)Cc1cccc2c1Cc1ccccc1-2. The Bertz CT molecular complexity index is 995. The summed E-state index contributed by atoms with van der Waals surface area (Å²) in [4.78, 5) is 2.17. The molecule has 0 fully saturated rings. The third-order valence-corrected chi connectivity index (χ3v) is 6.04. The summed E-state index contributed by atoms with van der Waals surface area (Å²) >= 11 is 0. The highest BCUT2D eigenvalue weighted by Crippen LogP contribution is 2.40. The average Bonchev–Trinajstić information content (AvgIpc) is 3.01. The number of fused-ring (bicyclic) bond motifs is 3. The molecule has 0 atom stereocenters. The van der Waals surface area contributed by atoms with Crippen LogP contribution in [0.3, 0.4) is 0 Å². The first-order valence-electron chi connectivity index (χ1n) is 9.84. The molecule has 27 heavy (non-hydrogen) atoms. The summed E-state index contributed by atoms with van der Waals surface area (Å²) in [6.45, 7) is 7.01. The van der Waals surface area contributed by atoms with Crippen molar-refractivity contribution >= 4 is 5.69 Å². The summed E-state index contributed by atoms with van der Waals surface area (Å²) in [6, 6.07) is 22.6. The first-order chi connectivity index (χ1) is 12.9. The van der Waals surface area contributed by atoms with Crippen molar-refractivity contribution in [3.8, 4) is 11.1 Å². The van der Waals surface area contributed by atoms with E-state index in [2.05, 4.69) is 100 Å². The second-order valence-electron chi connectivity index (χ2n) is 8.73. The quantitative estimate of drug-likeness (QED) is 0.424. The Hall–Kier alpha value is -2.54. The molecule has 0 heterocycles. The highest BCUT2D eigenvalue weighted by molar-refractivity contribution is 5.78. The Morgan fingerprint density at radius 1 is 0.889 bits per heavy atom. The number of benzene rings is 3. The molecule has 1 nitrogen and oxygen atoms in total. The number of nitrogens with zero attached hydrogens (tertiary/aromatic N) is 1. The van der Waals surface area contributed by atoms with Gasteiger partial charge in [-0.05, 0) is 76.3 Å². The van der Waals surface area contributed by atoms with Crippen LogP contribution >= 0.6 is 0 Å². The van der Waals surface area contributed by atoms with Crippen molar-refractivity contribution in [2.45, 2.75) is 39.0 Å². The van der Waals surface area contributed by atoms with Crippen molar-refractivity contribution in [2.24, 2.45) is 0 Å². The van der Waals surface area contributed by atoms with Crippen LogP contribution in [0.4, 0.5) is 5.69 Å². The second-order valence-corrected chi connectivity index (χ2v) is 8.73. The maximum absolute atomic E-state index is 2.38. The first-order valence-corrected chi connectivity index (χ1v) is 9.84. The molecule has 1 heteroatoms. The number of hydrogen-bond acceptors (Lipinski definition) is 1. The maximum atomic E-state index is 2.38. The molecule has 0 aliphatic heterocycles. The van der Waals surface area contributed by atoms with Gasteiger partial charge in [-0.1, -0.05) is 62.4 Å². The fraction of sp³-hybridized carbons (Fsp3) is 0.308. The van der Waals surface area contributed by atoms with Crippen LogP contribution in [0.5, 0.6) is 0 Å². The fourth-order valence-corrected chi connectivity index (χ4v) is 4.65. The minimum Gasteiger partial charge on any atom is -0.378 e. The lowest BCUT2D eigenvalue weighted by Gasteiger charge is -2.29. The van der Waals surface area contributed by atoms with Gasteiger partial charge in [0.1, 0.15) is 0 Å². The van der Waals surface area contributed by atoms with Crippen LogP contribution in [-0.4, -0.2) is 14.1 Å². The molecule has 4 rings (SSSR count). The van der Waals surface area contributed by atoms with Crippen molar-refractivity contribution in [3.63, 3.8) is 0 Å². The Labute approximate surface area is 163 Å². The zero-order valence-electron chi connectivity index (χ0n) is 17.1. The van der Waals surface area contributed by atoms with Gasteiger partial charge in [-0.15, -0.1) is 0 Å². The van der Waals surface area contributed by atoms with Crippen molar-refractivity contribution in [2.75, 3.05) is 19.0 Å². The van der Waals surface area contributed by atoms with Gasteiger partial charge >= 0.3 is 0 Å². The highest BCUT2D eigenvalue weighted by atomic mass is 15.1. The Balaban J connectivity index is 1.69. The normalized spacial score (nSPS) is 12.6. The van der Waals surface area contributed by atoms with Gasteiger partial charge < -0.3 is 4.90 Å². The molecule has 0 radical (unpaired) electrons. The number of rotatable bonds is 4. The van der Waals surface area contributed by atoms with Crippen LogP contribution < -0.4 is 4.90 Å². The Morgan fingerprint density at radius 3 is 2.37 bits per heavy atom. The molecule has 0 saturated carbocycles.